The number of halogens is 1. The molecule has 0 unspecified atom stereocenters. The number of sulfonamides is 1. The van der Waals surface area contributed by atoms with Crippen molar-refractivity contribution in [2.45, 2.75) is 45.1 Å². The van der Waals surface area contributed by atoms with Crippen LogP contribution in [0.25, 0.3) is 0 Å². The van der Waals surface area contributed by atoms with Crippen LogP contribution in [0, 0.1) is 13.8 Å². The van der Waals surface area contributed by atoms with Crippen LogP contribution in [-0.2, 0) is 10.0 Å². The van der Waals surface area contributed by atoms with Crippen LogP contribution in [0.3, 0.4) is 0 Å². The summed E-state index contributed by atoms with van der Waals surface area (Å²) in [5.41, 5.74) is 0.905. The highest BCUT2D eigenvalue weighted by Gasteiger charge is 2.24. The summed E-state index contributed by atoms with van der Waals surface area (Å²) in [5.74, 6) is 0. The Balaban J connectivity index is 3.30. The average molecular weight is 276 g/mol. The quantitative estimate of drug-likeness (QED) is 0.902. The van der Waals surface area contributed by atoms with E-state index in [1.807, 2.05) is 20.8 Å². The highest BCUT2D eigenvalue weighted by Crippen LogP contribution is 2.24. The van der Waals surface area contributed by atoms with Crippen molar-refractivity contribution < 1.29 is 8.42 Å². The maximum absolute atomic E-state index is 12.2. The van der Waals surface area contributed by atoms with Gasteiger partial charge in [0.05, 0.1) is 4.90 Å². The van der Waals surface area contributed by atoms with Gasteiger partial charge in [0, 0.05) is 10.6 Å². The summed E-state index contributed by atoms with van der Waals surface area (Å²) in [6, 6.07) is 3.28. The minimum atomic E-state index is -3.50. The molecule has 0 saturated carbocycles. The SMILES string of the molecule is Cc1cc(S(=O)(=O)NC(C)(C)C)c(C)cc1Cl. The van der Waals surface area contributed by atoms with Crippen LogP contribution >= 0.6 is 11.6 Å². The molecule has 0 spiro atoms. The predicted octanol–water partition coefficient (Wildman–Crippen LogP) is 3.03. The van der Waals surface area contributed by atoms with Gasteiger partial charge >= 0.3 is 0 Å². The molecule has 1 aromatic rings. The third-order valence-corrected chi connectivity index (χ3v) is 4.49. The third kappa shape index (κ3) is 3.69. The Kier molecular flexibility index (Phi) is 3.91. The summed E-state index contributed by atoms with van der Waals surface area (Å²) in [5, 5.41) is 0.581. The van der Waals surface area contributed by atoms with E-state index in [4.69, 9.17) is 11.6 Å². The molecular formula is C12H18ClNO2S. The van der Waals surface area contributed by atoms with Gasteiger partial charge in [-0.05, 0) is 57.9 Å². The smallest absolute Gasteiger partial charge is 0.207 e. The molecule has 0 aliphatic heterocycles. The van der Waals surface area contributed by atoms with Crippen LogP contribution in [0.1, 0.15) is 31.9 Å². The molecule has 0 heterocycles. The monoisotopic (exact) mass is 275 g/mol. The zero-order valence-electron chi connectivity index (χ0n) is 10.8. The molecule has 0 fully saturated rings. The third-order valence-electron chi connectivity index (χ3n) is 2.19. The van der Waals surface area contributed by atoms with Crippen molar-refractivity contribution in [2.24, 2.45) is 0 Å². The first-order valence-electron chi connectivity index (χ1n) is 5.34. The molecular weight excluding hydrogens is 258 g/mol. The van der Waals surface area contributed by atoms with E-state index in [1.165, 1.54) is 0 Å². The molecule has 3 nitrogen and oxygen atoms in total. The van der Waals surface area contributed by atoms with E-state index in [0.717, 1.165) is 5.56 Å². The molecule has 1 N–H and O–H groups in total. The van der Waals surface area contributed by atoms with Crippen molar-refractivity contribution in [1.82, 2.24) is 4.72 Å². The van der Waals surface area contributed by atoms with E-state index in [2.05, 4.69) is 4.72 Å². The highest BCUT2D eigenvalue weighted by molar-refractivity contribution is 7.89. The van der Waals surface area contributed by atoms with Gasteiger partial charge in [0.25, 0.3) is 0 Å². The lowest BCUT2D eigenvalue weighted by Crippen LogP contribution is -2.40. The van der Waals surface area contributed by atoms with Gasteiger partial charge in [-0.25, -0.2) is 13.1 Å². The number of hydrogen-bond donors (Lipinski definition) is 1. The lowest BCUT2D eigenvalue weighted by Gasteiger charge is -2.21. The van der Waals surface area contributed by atoms with Gasteiger partial charge in [0.2, 0.25) is 10.0 Å². The summed E-state index contributed by atoms with van der Waals surface area (Å²) < 4.78 is 27.0. The molecule has 0 amide bonds. The molecule has 96 valence electrons. The zero-order valence-corrected chi connectivity index (χ0v) is 12.3. The first kappa shape index (κ1) is 14.5. The fraction of sp³-hybridized carbons (Fsp3) is 0.500. The maximum atomic E-state index is 12.2. The van der Waals surface area contributed by atoms with Crippen LogP contribution in [0.15, 0.2) is 17.0 Å². The molecule has 17 heavy (non-hydrogen) atoms. The highest BCUT2D eigenvalue weighted by atomic mass is 35.5. The van der Waals surface area contributed by atoms with Gasteiger partial charge in [-0.3, -0.25) is 0 Å². The van der Waals surface area contributed by atoms with Crippen LogP contribution in [-0.4, -0.2) is 14.0 Å². The molecule has 1 rings (SSSR count). The largest absolute Gasteiger partial charge is 0.241 e. The van der Waals surface area contributed by atoms with Crippen molar-refractivity contribution in [1.29, 1.82) is 0 Å². The van der Waals surface area contributed by atoms with Gasteiger partial charge in [-0.1, -0.05) is 11.6 Å². The first-order valence-corrected chi connectivity index (χ1v) is 7.20. The fourth-order valence-corrected chi connectivity index (χ4v) is 3.45. The second-order valence-corrected chi connectivity index (χ2v) is 7.28. The van der Waals surface area contributed by atoms with E-state index in [-0.39, 0.29) is 4.90 Å². The van der Waals surface area contributed by atoms with Crippen LogP contribution < -0.4 is 4.72 Å². The lowest BCUT2D eigenvalue weighted by molar-refractivity contribution is 0.491. The minimum absolute atomic E-state index is 0.286. The fourth-order valence-electron chi connectivity index (χ4n) is 1.50. The van der Waals surface area contributed by atoms with E-state index in [9.17, 15) is 8.42 Å². The van der Waals surface area contributed by atoms with Crippen molar-refractivity contribution in [3.8, 4) is 0 Å². The van der Waals surface area contributed by atoms with E-state index in [0.29, 0.717) is 10.6 Å². The summed E-state index contributed by atoms with van der Waals surface area (Å²) in [6.07, 6.45) is 0. The van der Waals surface area contributed by atoms with Gasteiger partial charge < -0.3 is 0 Å². The maximum Gasteiger partial charge on any atom is 0.241 e. The van der Waals surface area contributed by atoms with Gasteiger partial charge in [0.15, 0.2) is 0 Å². The summed E-state index contributed by atoms with van der Waals surface area (Å²) >= 11 is 5.95. The Morgan fingerprint density at radius 1 is 1.12 bits per heavy atom. The van der Waals surface area contributed by atoms with Crippen molar-refractivity contribution in [3.63, 3.8) is 0 Å². The lowest BCUT2D eigenvalue weighted by atomic mass is 10.1. The summed E-state index contributed by atoms with van der Waals surface area (Å²) in [4.78, 5) is 0.286. The molecule has 0 aliphatic rings. The Hall–Kier alpha value is -0.580. The number of nitrogens with one attached hydrogen (secondary N) is 1. The van der Waals surface area contributed by atoms with Crippen LogP contribution in [0.4, 0.5) is 0 Å². The molecule has 0 aromatic heterocycles. The van der Waals surface area contributed by atoms with Crippen molar-refractivity contribution >= 4 is 21.6 Å². The molecule has 0 aliphatic carbocycles. The summed E-state index contributed by atoms with van der Waals surface area (Å²) in [7, 11) is -3.50. The summed E-state index contributed by atoms with van der Waals surface area (Å²) in [6.45, 7) is 8.95. The van der Waals surface area contributed by atoms with Crippen molar-refractivity contribution in [2.75, 3.05) is 0 Å². The van der Waals surface area contributed by atoms with Crippen molar-refractivity contribution in [3.05, 3.63) is 28.3 Å². The van der Waals surface area contributed by atoms with Gasteiger partial charge in [-0.15, -0.1) is 0 Å². The number of aryl methyl sites for hydroxylation is 2. The minimum Gasteiger partial charge on any atom is -0.207 e. The predicted molar refractivity (Wildman–Crippen MR) is 71.0 cm³/mol. The molecule has 1 aromatic carbocycles. The topological polar surface area (TPSA) is 46.2 Å². The second kappa shape index (κ2) is 4.59. The van der Waals surface area contributed by atoms with E-state index < -0.39 is 15.6 Å². The Bertz CT molecular complexity index is 530. The van der Waals surface area contributed by atoms with Gasteiger partial charge in [-0.2, -0.15) is 0 Å². The zero-order chi connectivity index (χ0) is 13.4. The molecule has 0 saturated heterocycles. The molecule has 5 heteroatoms. The average Bonchev–Trinajstić information content (AvgIpc) is 2.06. The molecule has 0 radical (unpaired) electrons. The van der Waals surface area contributed by atoms with E-state index >= 15 is 0 Å². The normalized spacial score (nSPS) is 12.8. The van der Waals surface area contributed by atoms with E-state index in [1.54, 1.807) is 26.0 Å². The Morgan fingerprint density at radius 3 is 2.12 bits per heavy atom. The number of hydrogen-bond acceptors (Lipinski definition) is 2. The van der Waals surface area contributed by atoms with Crippen LogP contribution in [0.5, 0.6) is 0 Å². The molecule has 0 bridgehead atoms. The van der Waals surface area contributed by atoms with Gasteiger partial charge in [0.1, 0.15) is 0 Å². The first-order chi connectivity index (χ1) is 7.53. The van der Waals surface area contributed by atoms with Crippen LogP contribution in [0.2, 0.25) is 5.02 Å². The molecule has 0 atom stereocenters. The number of benzene rings is 1. The standard InChI is InChI=1S/C12H18ClNO2S/c1-8-7-11(9(2)6-10(8)13)17(15,16)14-12(3,4)5/h6-7,14H,1-5H3. The number of rotatable bonds is 2. The Morgan fingerprint density at radius 2 is 1.65 bits per heavy atom. The second-order valence-electron chi connectivity index (χ2n) is 5.22. The Labute approximate surface area is 108 Å².